The number of benzene rings is 2. The molecule has 2 aromatic rings. The normalized spacial score (nSPS) is 16.6. The number of amides is 4. The van der Waals surface area contributed by atoms with Crippen LogP contribution in [0.15, 0.2) is 76.8 Å². The molecule has 0 saturated heterocycles. The molecule has 7 N–H and O–H groups in total. The monoisotopic (exact) mass is 657 g/mol. The van der Waals surface area contributed by atoms with Crippen molar-refractivity contribution in [1.82, 2.24) is 20.9 Å². The molecule has 2 aliphatic heterocycles. The first-order valence-electron chi connectivity index (χ1n) is 17.1. The fraction of sp³-hybridized carbons (Fsp3) is 0.486. The highest BCUT2D eigenvalue weighted by atomic mass is 16.2. The Labute approximate surface area is 284 Å². The summed E-state index contributed by atoms with van der Waals surface area (Å²) in [4.78, 5) is 60.9. The van der Waals surface area contributed by atoms with E-state index in [0.717, 1.165) is 29.5 Å². The number of aliphatic imine (C=N–C) groups is 1. The molecule has 0 fully saturated rings. The average Bonchev–Trinajstić information content (AvgIpc) is 3.56. The molecule has 0 bridgehead atoms. The van der Waals surface area contributed by atoms with Crippen LogP contribution in [-0.4, -0.2) is 85.1 Å². The van der Waals surface area contributed by atoms with Gasteiger partial charge in [0.15, 0.2) is 0 Å². The number of unbranched alkanes of at least 4 members (excludes halogenated alkanes) is 1. The van der Waals surface area contributed by atoms with Crippen LogP contribution in [0.3, 0.4) is 0 Å². The minimum Gasteiger partial charge on any atom is -0.343 e. The smallest absolute Gasteiger partial charge is 0.245 e. The summed E-state index contributed by atoms with van der Waals surface area (Å²) in [6.07, 6.45) is 5.30. The van der Waals surface area contributed by atoms with E-state index < -0.39 is 41.9 Å². The van der Waals surface area contributed by atoms with Crippen LogP contribution in [0.1, 0.15) is 57.1 Å². The quantitative estimate of drug-likeness (QED) is 0.163. The molecule has 0 aromatic heterocycles. The second-order valence-electron chi connectivity index (χ2n) is 13.2. The van der Waals surface area contributed by atoms with Crippen LogP contribution in [0.5, 0.6) is 0 Å². The summed E-state index contributed by atoms with van der Waals surface area (Å²) in [6, 6.07) is 15.3. The molecule has 0 radical (unpaired) electrons. The van der Waals surface area contributed by atoms with Gasteiger partial charge in [-0.3, -0.25) is 24.2 Å². The highest BCUT2D eigenvalue weighted by Gasteiger charge is 2.33. The van der Waals surface area contributed by atoms with Crippen molar-refractivity contribution in [2.75, 3.05) is 26.2 Å². The molecule has 0 saturated carbocycles. The maximum Gasteiger partial charge on any atom is 0.245 e. The highest BCUT2D eigenvalue weighted by molar-refractivity contribution is 5.95. The number of rotatable bonds is 17. The van der Waals surface area contributed by atoms with Crippen LogP contribution < -0.4 is 27.4 Å². The lowest BCUT2D eigenvalue weighted by atomic mass is 9.99. The van der Waals surface area contributed by atoms with Crippen LogP contribution in [0.4, 0.5) is 0 Å². The number of carbonyl (C=O) groups is 4. The molecule has 2 aromatic carbocycles. The first-order chi connectivity index (χ1) is 23.1. The summed E-state index contributed by atoms with van der Waals surface area (Å²) in [5.74, 6) is -1.49. The van der Waals surface area contributed by atoms with Gasteiger partial charge in [-0.15, -0.1) is 0 Å². The zero-order valence-electron chi connectivity index (χ0n) is 28.2. The third-order valence-electron chi connectivity index (χ3n) is 8.79. The van der Waals surface area contributed by atoms with Gasteiger partial charge in [0.2, 0.25) is 23.6 Å². The van der Waals surface area contributed by atoms with Crippen molar-refractivity contribution < 1.29 is 19.2 Å². The lowest BCUT2D eigenvalue weighted by Gasteiger charge is -2.32. The standard InChI is InChI=1S/C37H51N7O4/c1-25(2)19-32(35(46)41-31(15-9-10-17-38)37(48)44-18-16-28-22-40-23-29(28)24-44)43-36(47)33(21-27-13-7-4-8-14-27)42-34(45)30(39)20-26-11-5-3-6-12-26/h3-8,11-14,23,25,30-33H,9-10,15-22,24,38-39H2,1-2H3,(H,41,46)(H,42,45)(H,43,47)/t30-,31-,32-,33-/m1/s1. The number of carbonyl (C=O) groups excluding carboxylic acids is 4. The molecule has 4 atom stereocenters. The van der Waals surface area contributed by atoms with E-state index in [9.17, 15) is 19.2 Å². The number of nitrogens with one attached hydrogen (secondary N) is 3. The van der Waals surface area contributed by atoms with E-state index in [0.29, 0.717) is 51.9 Å². The van der Waals surface area contributed by atoms with Crippen molar-refractivity contribution in [3.05, 3.63) is 82.9 Å². The van der Waals surface area contributed by atoms with Gasteiger partial charge in [-0.25, -0.2) is 0 Å². The Morgan fingerprint density at radius 2 is 1.42 bits per heavy atom. The third kappa shape index (κ3) is 10.8. The Balaban J connectivity index is 1.48. The molecule has 11 heteroatoms. The second kappa shape index (κ2) is 18.3. The SMILES string of the molecule is CC(C)C[C@@H](NC(=O)[C@@H](Cc1ccccc1)NC(=O)[C@H](N)Cc1ccccc1)C(=O)N[C@H](CCCCN)C(=O)N1CCC2=C(C=NC2)C1. The number of nitrogens with two attached hydrogens (primary N) is 2. The molecule has 0 spiro atoms. The molecule has 258 valence electrons. The van der Waals surface area contributed by atoms with E-state index in [1.165, 1.54) is 5.57 Å². The van der Waals surface area contributed by atoms with E-state index >= 15 is 0 Å². The zero-order valence-corrected chi connectivity index (χ0v) is 28.2. The van der Waals surface area contributed by atoms with Crippen LogP contribution in [0.25, 0.3) is 0 Å². The summed E-state index contributed by atoms with van der Waals surface area (Å²) < 4.78 is 0. The lowest BCUT2D eigenvalue weighted by Crippen LogP contribution is -2.59. The molecular formula is C37H51N7O4. The molecule has 0 unspecified atom stereocenters. The molecule has 0 aliphatic carbocycles. The van der Waals surface area contributed by atoms with Crippen molar-refractivity contribution in [2.24, 2.45) is 22.4 Å². The van der Waals surface area contributed by atoms with Crippen LogP contribution in [0.2, 0.25) is 0 Å². The summed E-state index contributed by atoms with van der Waals surface area (Å²) in [5, 5.41) is 8.73. The molecule has 4 amide bonds. The molecule has 2 heterocycles. The number of nitrogens with zero attached hydrogens (tertiary/aromatic N) is 2. The zero-order chi connectivity index (χ0) is 34.5. The predicted molar refractivity (Wildman–Crippen MR) is 188 cm³/mol. The van der Waals surface area contributed by atoms with Gasteiger partial charge in [-0.05, 0) is 73.3 Å². The molecule has 2 aliphatic rings. The van der Waals surface area contributed by atoms with Gasteiger partial charge >= 0.3 is 0 Å². The Hall–Kier alpha value is -4.35. The Bertz CT molecular complexity index is 1440. The van der Waals surface area contributed by atoms with E-state index in [4.69, 9.17) is 11.5 Å². The summed E-state index contributed by atoms with van der Waals surface area (Å²) in [5.41, 5.74) is 16.1. The third-order valence-corrected chi connectivity index (χ3v) is 8.79. The van der Waals surface area contributed by atoms with Gasteiger partial charge in [-0.2, -0.15) is 0 Å². The second-order valence-corrected chi connectivity index (χ2v) is 13.2. The van der Waals surface area contributed by atoms with Crippen LogP contribution in [-0.2, 0) is 32.0 Å². The lowest BCUT2D eigenvalue weighted by molar-refractivity contribution is -0.138. The van der Waals surface area contributed by atoms with Gasteiger partial charge in [0.25, 0.3) is 0 Å². The van der Waals surface area contributed by atoms with Crippen LogP contribution >= 0.6 is 0 Å². The van der Waals surface area contributed by atoms with Crippen LogP contribution in [0, 0.1) is 5.92 Å². The summed E-state index contributed by atoms with van der Waals surface area (Å²) in [7, 11) is 0. The highest BCUT2D eigenvalue weighted by Crippen LogP contribution is 2.22. The molecule has 4 rings (SSSR count). The summed E-state index contributed by atoms with van der Waals surface area (Å²) >= 11 is 0. The largest absolute Gasteiger partial charge is 0.343 e. The average molecular weight is 658 g/mol. The predicted octanol–water partition coefficient (Wildman–Crippen LogP) is 2.04. The Morgan fingerprint density at radius 3 is 2.06 bits per heavy atom. The van der Waals surface area contributed by atoms with E-state index in [-0.39, 0.29) is 18.2 Å². The van der Waals surface area contributed by atoms with E-state index in [2.05, 4.69) is 20.9 Å². The minimum absolute atomic E-state index is 0.0583. The topological polar surface area (TPSA) is 172 Å². The first kappa shape index (κ1) is 36.5. The summed E-state index contributed by atoms with van der Waals surface area (Å²) in [6.45, 7) is 6.15. The maximum atomic E-state index is 13.9. The first-order valence-corrected chi connectivity index (χ1v) is 17.1. The number of hydrogen-bond donors (Lipinski definition) is 5. The maximum absolute atomic E-state index is 13.9. The fourth-order valence-electron chi connectivity index (χ4n) is 6.11. The van der Waals surface area contributed by atoms with E-state index in [1.54, 1.807) is 4.90 Å². The van der Waals surface area contributed by atoms with Crippen molar-refractivity contribution in [3.63, 3.8) is 0 Å². The Morgan fingerprint density at radius 1 is 0.812 bits per heavy atom. The van der Waals surface area contributed by atoms with Gasteiger partial charge in [-0.1, -0.05) is 74.5 Å². The fourth-order valence-corrected chi connectivity index (χ4v) is 6.11. The molecule has 48 heavy (non-hydrogen) atoms. The number of hydrogen-bond acceptors (Lipinski definition) is 7. The molecule has 11 nitrogen and oxygen atoms in total. The van der Waals surface area contributed by atoms with Crippen molar-refractivity contribution in [2.45, 2.75) is 83.0 Å². The van der Waals surface area contributed by atoms with Gasteiger partial charge in [0, 0.05) is 25.7 Å². The van der Waals surface area contributed by atoms with Gasteiger partial charge in [0.05, 0.1) is 12.6 Å². The van der Waals surface area contributed by atoms with Crippen molar-refractivity contribution >= 4 is 29.8 Å². The molecular weight excluding hydrogens is 606 g/mol. The Kier molecular flexibility index (Phi) is 13.9. The van der Waals surface area contributed by atoms with Gasteiger partial charge < -0.3 is 32.3 Å². The van der Waals surface area contributed by atoms with Crippen molar-refractivity contribution in [1.29, 1.82) is 0 Å². The van der Waals surface area contributed by atoms with Crippen molar-refractivity contribution in [3.8, 4) is 0 Å². The van der Waals surface area contributed by atoms with E-state index in [1.807, 2.05) is 80.7 Å². The van der Waals surface area contributed by atoms with Gasteiger partial charge in [0.1, 0.15) is 18.1 Å². The minimum atomic E-state index is -0.977.